The van der Waals surface area contributed by atoms with Crippen LogP contribution < -0.4 is 5.56 Å². The highest BCUT2D eigenvalue weighted by molar-refractivity contribution is 5.89. The van der Waals surface area contributed by atoms with Crippen molar-refractivity contribution < 1.29 is 18.3 Å². The van der Waals surface area contributed by atoms with E-state index in [0.717, 1.165) is 17.1 Å². The molecule has 2 aromatic heterocycles. The van der Waals surface area contributed by atoms with Crippen molar-refractivity contribution in [3.63, 3.8) is 0 Å². The molecule has 0 bridgehead atoms. The van der Waals surface area contributed by atoms with Gasteiger partial charge >= 0.3 is 6.18 Å². The number of phenols is 1. The Bertz CT molecular complexity index is 927. The van der Waals surface area contributed by atoms with E-state index >= 15 is 0 Å². The van der Waals surface area contributed by atoms with Crippen LogP contribution in [0.1, 0.15) is 5.69 Å². The van der Waals surface area contributed by atoms with Gasteiger partial charge < -0.3 is 10.1 Å². The number of aromatic hydroxyl groups is 1. The highest BCUT2D eigenvalue weighted by atomic mass is 19.4. The van der Waals surface area contributed by atoms with E-state index in [1.54, 1.807) is 0 Å². The first-order chi connectivity index (χ1) is 10.3. The van der Waals surface area contributed by atoms with Gasteiger partial charge in [0.2, 0.25) is 0 Å². The van der Waals surface area contributed by atoms with Gasteiger partial charge in [0.25, 0.3) is 5.56 Å². The summed E-state index contributed by atoms with van der Waals surface area (Å²) in [7, 11) is 1.36. The van der Waals surface area contributed by atoms with Crippen molar-refractivity contribution in [3.8, 4) is 16.9 Å². The van der Waals surface area contributed by atoms with Crippen LogP contribution in [0.5, 0.6) is 5.75 Å². The van der Waals surface area contributed by atoms with E-state index in [9.17, 15) is 23.1 Å². The molecule has 114 valence electrons. The van der Waals surface area contributed by atoms with E-state index in [0.29, 0.717) is 0 Å². The predicted octanol–water partition coefficient (Wildman–Crippen LogP) is 2.05. The molecule has 2 heterocycles. The number of aromatic amines is 1. The number of aryl methyl sites for hydroxylation is 1. The maximum Gasteiger partial charge on any atom is 0.435 e. The molecule has 2 N–H and O–H groups in total. The SMILES string of the molecule is Cn1cc(-c2cc(O)c3nc[nH]c(=O)c3c2)c(C(F)(F)F)n1. The molecule has 0 saturated heterocycles. The smallest absolute Gasteiger partial charge is 0.435 e. The largest absolute Gasteiger partial charge is 0.506 e. The van der Waals surface area contributed by atoms with E-state index in [4.69, 9.17) is 0 Å². The van der Waals surface area contributed by atoms with Gasteiger partial charge in [-0.1, -0.05) is 0 Å². The lowest BCUT2D eigenvalue weighted by Gasteiger charge is -2.07. The number of halogens is 3. The fraction of sp³-hybridized carbons (Fsp3) is 0.154. The number of benzene rings is 1. The summed E-state index contributed by atoms with van der Waals surface area (Å²) in [5.41, 5.74) is -1.82. The third kappa shape index (κ3) is 2.20. The Kier molecular flexibility index (Phi) is 2.94. The number of nitrogens with one attached hydrogen (secondary N) is 1. The monoisotopic (exact) mass is 310 g/mol. The van der Waals surface area contributed by atoms with Crippen molar-refractivity contribution in [2.24, 2.45) is 7.05 Å². The highest BCUT2D eigenvalue weighted by Crippen LogP contribution is 2.37. The number of aromatic nitrogens is 4. The van der Waals surface area contributed by atoms with Crippen LogP contribution in [0.2, 0.25) is 0 Å². The van der Waals surface area contributed by atoms with Crippen LogP contribution in [-0.4, -0.2) is 24.9 Å². The van der Waals surface area contributed by atoms with Crippen LogP contribution in [0, 0.1) is 0 Å². The lowest BCUT2D eigenvalue weighted by Crippen LogP contribution is -2.09. The highest BCUT2D eigenvalue weighted by Gasteiger charge is 2.37. The normalized spacial score (nSPS) is 12.0. The second-order valence-corrected chi connectivity index (χ2v) is 4.69. The molecule has 0 unspecified atom stereocenters. The summed E-state index contributed by atoms with van der Waals surface area (Å²) in [6.07, 6.45) is -2.37. The van der Waals surface area contributed by atoms with Gasteiger partial charge in [-0.2, -0.15) is 18.3 Å². The molecule has 0 amide bonds. The Hall–Kier alpha value is -2.84. The number of H-pyrrole nitrogens is 1. The summed E-state index contributed by atoms with van der Waals surface area (Å²) in [6, 6.07) is 2.37. The Morgan fingerprint density at radius 1 is 1.32 bits per heavy atom. The Morgan fingerprint density at radius 3 is 2.73 bits per heavy atom. The number of phenolic OH excluding ortho intramolecular Hbond substituents is 1. The van der Waals surface area contributed by atoms with Gasteiger partial charge in [-0.05, 0) is 17.7 Å². The van der Waals surface area contributed by atoms with Crippen molar-refractivity contribution in [1.82, 2.24) is 19.7 Å². The molecule has 0 saturated carbocycles. The molecule has 0 aliphatic heterocycles. The molecular weight excluding hydrogens is 301 g/mol. The molecule has 0 spiro atoms. The average Bonchev–Trinajstić information content (AvgIpc) is 2.82. The van der Waals surface area contributed by atoms with Crippen molar-refractivity contribution in [2.45, 2.75) is 6.18 Å². The van der Waals surface area contributed by atoms with Gasteiger partial charge in [0, 0.05) is 18.8 Å². The van der Waals surface area contributed by atoms with Gasteiger partial charge in [0.15, 0.2) is 5.69 Å². The van der Waals surface area contributed by atoms with E-state index < -0.39 is 17.4 Å². The van der Waals surface area contributed by atoms with E-state index in [1.807, 2.05) is 0 Å². The number of hydrogen-bond acceptors (Lipinski definition) is 4. The third-order valence-electron chi connectivity index (χ3n) is 3.13. The van der Waals surface area contributed by atoms with Crippen molar-refractivity contribution in [1.29, 1.82) is 0 Å². The van der Waals surface area contributed by atoms with Crippen LogP contribution in [0.3, 0.4) is 0 Å². The van der Waals surface area contributed by atoms with Gasteiger partial charge in [-0.15, -0.1) is 0 Å². The Balaban J connectivity index is 2.33. The molecule has 0 aliphatic rings. The summed E-state index contributed by atoms with van der Waals surface area (Å²) in [5.74, 6) is -0.379. The van der Waals surface area contributed by atoms with Crippen LogP contribution in [-0.2, 0) is 13.2 Å². The summed E-state index contributed by atoms with van der Waals surface area (Å²) in [5, 5.41) is 13.3. The molecule has 22 heavy (non-hydrogen) atoms. The summed E-state index contributed by atoms with van der Waals surface area (Å²) >= 11 is 0. The lowest BCUT2D eigenvalue weighted by atomic mass is 10.0. The van der Waals surface area contributed by atoms with E-state index in [2.05, 4.69) is 15.1 Å². The molecule has 9 heteroatoms. The Labute approximate surface area is 120 Å². The van der Waals surface area contributed by atoms with Crippen LogP contribution in [0.15, 0.2) is 29.5 Å². The number of nitrogens with zero attached hydrogens (tertiary/aromatic N) is 3. The zero-order valence-corrected chi connectivity index (χ0v) is 11.1. The molecule has 0 aliphatic carbocycles. The summed E-state index contributed by atoms with van der Waals surface area (Å²) in [4.78, 5) is 17.9. The number of fused-ring (bicyclic) bond motifs is 1. The Morgan fingerprint density at radius 2 is 2.05 bits per heavy atom. The van der Waals surface area contributed by atoms with Gasteiger partial charge in [0.05, 0.1) is 11.7 Å². The van der Waals surface area contributed by atoms with Gasteiger partial charge in [-0.3, -0.25) is 9.48 Å². The van der Waals surface area contributed by atoms with Crippen molar-refractivity contribution in [3.05, 3.63) is 40.7 Å². The minimum atomic E-state index is -4.65. The van der Waals surface area contributed by atoms with Gasteiger partial charge in [0.1, 0.15) is 11.3 Å². The number of rotatable bonds is 1. The maximum atomic E-state index is 13.0. The second kappa shape index (κ2) is 4.58. The van der Waals surface area contributed by atoms with E-state index in [1.165, 1.54) is 19.3 Å². The van der Waals surface area contributed by atoms with Crippen LogP contribution in [0.25, 0.3) is 22.0 Å². The first kappa shape index (κ1) is 14.1. The fourth-order valence-corrected chi connectivity index (χ4v) is 2.23. The quantitative estimate of drug-likeness (QED) is 0.720. The molecule has 0 radical (unpaired) electrons. The van der Waals surface area contributed by atoms with Gasteiger partial charge in [-0.25, -0.2) is 4.98 Å². The molecule has 3 aromatic rings. The molecule has 0 atom stereocenters. The van der Waals surface area contributed by atoms with Crippen LogP contribution in [0.4, 0.5) is 13.2 Å². The van der Waals surface area contributed by atoms with Crippen molar-refractivity contribution >= 4 is 10.9 Å². The maximum absolute atomic E-state index is 13.0. The van der Waals surface area contributed by atoms with Crippen LogP contribution >= 0.6 is 0 Å². The third-order valence-corrected chi connectivity index (χ3v) is 3.13. The molecule has 6 nitrogen and oxygen atoms in total. The van der Waals surface area contributed by atoms with E-state index in [-0.39, 0.29) is 27.8 Å². The standard InChI is InChI=1S/C13H9F3N4O2/c1-20-4-8(11(19-20)13(14,15)16)6-2-7-10(9(21)3-6)17-5-18-12(7)22/h2-5,21H,1H3,(H,17,18,22). The molecule has 1 aromatic carbocycles. The molecule has 0 fully saturated rings. The predicted molar refractivity (Wildman–Crippen MR) is 71.2 cm³/mol. The fourth-order valence-electron chi connectivity index (χ4n) is 2.23. The molecule has 3 rings (SSSR count). The lowest BCUT2D eigenvalue weighted by molar-refractivity contribution is -0.140. The zero-order valence-electron chi connectivity index (χ0n) is 11.1. The minimum absolute atomic E-state index is 0.00511. The average molecular weight is 310 g/mol. The summed E-state index contributed by atoms with van der Waals surface area (Å²) < 4.78 is 40.1. The molecular formula is C13H9F3N4O2. The first-order valence-electron chi connectivity index (χ1n) is 6.09. The minimum Gasteiger partial charge on any atom is -0.506 e. The number of hydrogen-bond donors (Lipinski definition) is 2. The van der Waals surface area contributed by atoms with Crippen molar-refractivity contribution in [2.75, 3.05) is 0 Å². The summed E-state index contributed by atoms with van der Waals surface area (Å²) in [6.45, 7) is 0. The zero-order chi connectivity index (χ0) is 16.1. The second-order valence-electron chi connectivity index (χ2n) is 4.69. The first-order valence-corrected chi connectivity index (χ1v) is 6.09. The topological polar surface area (TPSA) is 83.8 Å². The number of alkyl halides is 3.